The van der Waals surface area contributed by atoms with Gasteiger partial charge in [-0.15, -0.1) is 0 Å². The van der Waals surface area contributed by atoms with Crippen molar-refractivity contribution in [2.24, 2.45) is 9.39 Å². The van der Waals surface area contributed by atoms with Crippen LogP contribution in [0.15, 0.2) is 39.2 Å². The minimum Gasteiger partial charge on any atom is -0.372 e. The number of amides is 1. The average Bonchev–Trinajstić information content (AvgIpc) is 3.05. The maximum Gasteiger partial charge on any atom is 0.283 e. The van der Waals surface area contributed by atoms with Gasteiger partial charge in [0.1, 0.15) is 5.84 Å². The van der Waals surface area contributed by atoms with E-state index in [0.29, 0.717) is 0 Å². The summed E-state index contributed by atoms with van der Waals surface area (Å²) in [6.45, 7) is 5.92. The lowest BCUT2D eigenvalue weighted by Gasteiger charge is -2.24. The van der Waals surface area contributed by atoms with Gasteiger partial charge in [0.15, 0.2) is 0 Å². The number of hydrogen-bond donors (Lipinski definition) is 1. The van der Waals surface area contributed by atoms with Crippen LogP contribution in [0.2, 0.25) is 0 Å². The highest BCUT2D eigenvalue weighted by molar-refractivity contribution is 8.16. The molecule has 142 valence electrons. The molecule has 0 radical (unpaired) electrons. The van der Waals surface area contributed by atoms with Crippen molar-refractivity contribution in [2.45, 2.75) is 13.8 Å². The Morgan fingerprint density at radius 3 is 2.41 bits per heavy atom. The summed E-state index contributed by atoms with van der Waals surface area (Å²) in [5.41, 5.74) is 1.81. The Kier molecular flexibility index (Phi) is 5.20. The Labute approximate surface area is 162 Å². The van der Waals surface area contributed by atoms with Gasteiger partial charge < -0.3 is 4.90 Å². The average molecular weight is 406 g/mol. The van der Waals surface area contributed by atoms with Crippen LogP contribution in [0.1, 0.15) is 19.4 Å². The molecule has 2 aliphatic heterocycles. The van der Waals surface area contributed by atoms with Crippen molar-refractivity contribution in [3.63, 3.8) is 0 Å². The fourth-order valence-corrected chi connectivity index (χ4v) is 4.62. The maximum atomic E-state index is 12.3. The molecule has 8 nitrogen and oxygen atoms in total. The number of sulfone groups is 1. The molecule has 0 saturated carbocycles. The van der Waals surface area contributed by atoms with E-state index in [9.17, 15) is 13.2 Å². The number of anilines is 1. The fourth-order valence-electron chi connectivity index (χ4n) is 2.77. The number of aliphatic imine (C=N–C) groups is 1. The number of carbonyl (C=O) groups is 1. The standard InChI is InChI=1S/C17H19N5O3S2/c1-4-21(5-2)12-8-6-11(7-9-12)10-13-14(18)22-16(19-15(13)23)26-20-17(22)27(3,24)25/h6-10,18H,4-5H2,1-3H3/b13-10-,18-14?. The van der Waals surface area contributed by atoms with Crippen molar-refractivity contribution < 1.29 is 13.2 Å². The lowest BCUT2D eigenvalue weighted by molar-refractivity contribution is -0.114. The zero-order valence-corrected chi connectivity index (χ0v) is 16.8. The highest BCUT2D eigenvalue weighted by Crippen LogP contribution is 2.29. The summed E-state index contributed by atoms with van der Waals surface area (Å²) in [6, 6.07) is 7.59. The smallest absolute Gasteiger partial charge is 0.283 e. The molecule has 10 heteroatoms. The molecule has 0 saturated heterocycles. The number of nitrogens with one attached hydrogen (secondary N) is 1. The summed E-state index contributed by atoms with van der Waals surface area (Å²) in [6.07, 6.45) is 2.55. The molecule has 1 aromatic carbocycles. The van der Waals surface area contributed by atoms with Crippen molar-refractivity contribution in [3.05, 3.63) is 35.4 Å². The lowest BCUT2D eigenvalue weighted by Crippen LogP contribution is -2.45. The SMILES string of the molecule is CCN(CC)c1ccc(/C=C2/C(=N)N3C(=NC2=O)SN=C3S(C)(=O)=O)cc1. The number of benzene rings is 1. The van der Waals surface area contributed by atoms with Crippen LogP contribution in [0.5, 0.6) is 0 Å². The molecule has 0 unspecified atom stereocenters. The first-order valence-electron chi connectivity index (χ1n) is 8.30. The number of hydrogen-bond acceptors (Lipinski definition) is 7. The Balaban J connectivity index is 1.94. The van der Waals surface area contributed by atoms with E-state index < -0.39 is 15.7 Å². The normalized spacial score (nSPS) is 18.5. The number of rotatable bonds is 4. The van der Waals surface area contributed by atoms with Crippen molar-refractivity contribution in [3.8, 4) is 0 Å². The van der Waals surface area contributed by atoms with Gasteiger partial charge in [0.2, 0.25) is 20.2 Å². The van der Waals surface area contributed by atoms with Crippen molar-refractivity contribution in [2.75, 3.05) is 24.2 Å². The first-order chi connectivity index (χ1) is 12.8. The highest BCUT2D eigenvalue weighted by atomic mass is 32.2. The van der Waals surface area contributed by atoms with Crippen molar-refractivity contribution >= 4 is 55.6 Å². The lowest BCUT2D eigenvalue weighted by atomic mass is 10.1. The molecule has 2 heterocycles. The van der Waals surface area contributed by atoms with E-state index in [1.54, 1.807) is 6.08 Å². The molecule has 27 heavy (non-hydrogen) atoms. The highest BCUT2D eigenvalue weighted by Gasteiger charge is 2.41. The first-order valence-corrected chi connectivity index (χ1v) is 11.0. The Bertz CT molecular complexity index is 990. The molecular formula is C17H19N5O3S2. The third kappa shape index (κ3) is 3.67. The Morgan fingerprint density at radius 1 is 1.22 bits per heavy atom. The van der Waals surface area contributed by atoms with Gasteiger partial charge in [-0.1, -0.05) is 12.1 Å². The van der Waals surface area contributed by atoms with Gasteiger partial charge >= 0.3 is 0 Å². The van der Waals surface area contributed by atoms with E-state index >= 15 is 0 Å². The molecular weight excluding hydrogens is 386 g/mol. The summed E-state index contributed by atoms with van der Waals surface area (Å²) in [7, 11) is -3.65. The second-order valence-electron chi connectivity index (χ2n) is 5.94. The van der Waals surface area contributed by atoms with E-state index in [4.69, 9.17) is 5.41 Å². The molecule has 1 N–H and O–H groups in total. The largest absolute Gasteiger partial charge is 0.372 e. The van der Waals surface area contributed by atoms with Gasteiger partial charge in [0, 0.05) is 25.0 Å². The quantitative estimate of drug-likeness (QED) is 0.608. The molecule has 0 aromatic heterocycles. The maximum absolute atomic E-state index is 12.3. The molecule has 0 aliphatic carbocycles. The van der Waals surface area contributed by atoms with Crippen LogP contribution in [0, 0.1) is 5.41 Å². The monoisotopic (exact) mass is 405 g/mol. The zero-order chi connectivity index (χ0) is 19.8. The van der Waals surface area contributed by atoms with Crippen LogP contribution in [-0.4, -0.2) is 54.7 Å². The van der Waals surface area contributed by atoms with Gasteiger partial charge in [-0.2, -0.15) is 9.39 Å². The van der Waals surface area contributed by atoms with E-state index in [0.717, 1.165) is 47.4 Å². The predicted molar refractivity (Wildman–Crippen MR) is 110 cm³/mol. The summed E-state index contributed by atoms with van der Waals surface area (Å²) in [5, 5.41) is 8.12. The van der Waals surface area contributed by atoms with Gasteiger partial charge in [0.05, 0.1) is 17.5 Å². The number of carbonyl (C=O) groups excluding carboxylic acids is 1. The van der Waals surface area contributed by atoms with Crippen LogP contribution in [0.3, 0.4) is 0 Å². The molecule has 0 spiro atoms. The summed E-state index contributed by atoms with van der Waals surface area (Å²) >= 11 is 0.778. The molecule has 3 rings (SSSR count). The number of amidine groups is 3. The minimum absolute atomic E-state index is 0.0215. The summed E-state index contributed by atoms with van der Waals surface area (Å²) < 4.78 is 27.6. The van der Waals surface area contributed by atoms with E-state index in [2.05, 4.69) is 28.1 Å². The topological polar surface area (TPSA) is 106 Å². The third-order valence-corrected chi connectivity index (χ3v) is 5.91. The van der Waals surface area contributed by atoms with Gasteiger partial charge in [-0.25, -0.2) is 13.3 Å². The molecule has 2 aliphatic rings. The van der Waals surface area contributed by atoms with E-state index in [-0.39, 0.29) is 21.7 Å². The number of fused-ring (bicyclic) bond motifs is 1. The summed E-state index contributed by atoms with van der Waals surface area (Å²) in [4.78, 5) is 19.5. The van der Waals surface area contributed by atoms with Crippen LogP contribution in [0.4, 0.5) is 5.69 Å². The predicted octanol–water partition coefficient (Wildman–Crippen LogP) is 2.15. The second-order valence-corrected chi connectivity index (χ2v) is 8.58. The zero-order valence-electron chi connectivity index (χ0n) is 15.1. The van der Waals surface area contributed by atoms with E-state index in [1.165, 1.54) is 0 Å². The molecule has 0 bridgehead atoms. The van der Waals surface area contributed by atoms with Gasteiger partial charge in [-0.3, -0.25) is 10.2 Å². The van der Waals surface area contributed by atoms with Crippen LogP contribution >= 0.6 is 11.9 Å². The van der Waals surface area contributed by atoms with Crippen molar-refractivity contribution in [1.29, 1.82) is 5.41 Å². The molecule has 0 fully saturated rings. The van der Waals surface area contributed by atoms with Gasteiger partial charge in [0.25, 0.3) is 5.91 Å². The molecule has 1 aromatic rings. The Hall–Kier alpha value is -2.46. The minimum atomic E-state index is -3.65. The summed E-state index contributed by atoms with van der Waals surface area (Å²) in [5.74, 6) is -0.830. The third-order valence-electron chi connectivity index (χ3n) is 4.16. The number of nitrogens with zero attached hydrogens (tertiary/aromatic N) is 4. The first kappa shape index (κ1) is 19.3. The van der Waals surface area contributed by atoms with Gasteiger partial charge in [-0.05, 0) is 37.6 Å². The van der Waals surface area contributed by atoms with Crippen LogP contribution < -0.4 is 4.90 Å². The van der Waals surface area contributed by atoms with E-state index in [1.807, 2.05) is 24.3 Å². The Morgan fingerprint density at radius 2 is 1.85 bits per heavy atom. The van der Waals surface area contributed by atoms with Crippen LogP contribution in [-0.2, 0) is 14.6 Å². The van der Waals surface area contributed by atoms with Crippen LogP contribution in [0.25, 0.3) is 6.08 Å². The second kappa shape index (κ2) is 7.28. The van der Waals surface area contributed by atoms with Crippen molar-refractivity contribution in [1.82, 2.24) is 4.90 Å². The molecule has 0 atom stereocenters. The fraction of sp³-hybridized carbons (Fsp3) is 0.294. The molecule has 1 amide bonds.